The van der Waals surface area contributed by atoms with Crippen LogP contribution in [0, 0.1) is 0 Å². The molecule has 0 amide bonds. The monoisotopic (exact) mass is 597 g/mol. The van der Waals surface area contributed by atoms with E-state index in [1.165, 1.54) is 6.21 Å². The van der Waals surface area contributed by atoms with Crippen molar-refractivity contribution < 1.29 is 36.2 Å². The molecule has 2 aliphatic heterocycles. The van der Waals surface area contributed by atoms with Crippen LogP contribution in [0.5, 0.6) is 5.88 Å². The summed E-state index contributed by atoms with van der Waals surface area (Å²) in [7, 11) is 3.43. The molecule has 0 radical (unpaired) electrons. The highest BCUT2D eigenvalue weighted by atomic mass is 32.1. The first-order valence-electron chi connectivity index (χ1n) is 12.5. The lowest BCUT2D eigenvalue weighted by Gasteiger charge is -2.23. The molecule has 14 heteroatoms. The van der Waals surface area contributed by atoms with Crippen molar-refractivity contribution in [2.24, 2.45) is 10.2 Å². The predicted molar refractivity (Wildman–Crippen MR) is 142 cm³/mol. The number of hydrogen-bond acceptors (Lipinski definition) is 8. The maximum Gasteiger partial charge on any atom is 0.416 e. The second-order valence-corrected chi connectivity index (χ2v) is 10.8. The number of nitrogens with zero attached hydrogens (tertiary/aromatic N) is 4. The zero-order chi connectivity index (χ0) is 29.5. The number of thiazole rings is 1. The van der Waals surface area contributed by atoms with Crippen LogP contribution < -0.4 is 20.8 Å². The molecule has 7 nitrogen and oxygen atoms in total. The predicted octanol–water partition coefficient (Wildman–Crippen LogP) is 4.11. The second-order valence-electron chi connectivity index (χ2n) is 9.85. The molecule has 2 aromatic carbocycles. The van der Waals surface area contributed by atoms with E-state index in [1.807, 2.05) is 11.9 Å². The number of halogens is 6. The number of aromatic nitrogens is 1. The van der Waals surface area contributed by atoms with E-state index in [1.54, 1.807) is 25.3 Å². The molecule has 3 aromatic rings. The van der Waals surface area contributed by atoms with E-state index in [-0.39, 0.29) is 40.0 Å². The van der Waals surface area contributed by atoms with Crippen molar-refractivity contribution in [2.75, 3.05) is 32.2 Å². The van der Waals surface area contributed by atoms with Crippen molar-refractivity contribution in [1.29, 1.82) is 0 Å². The summed E-state index contributed by atoms with van der Waals surface area (Å²) in [5.74, 6) is -0.384. The van der Waals surface area contributed by atoms with Crippen molar-refractivity contribution in [3.8, 4) is 5.88 Å². The summed E-state index contributed by atoms with van der Waals surface area (Å²) in [4.78, 5) is 6.41. The molecule has 1 fully saturated rings. The van der Waals surface area contributed by atoms with Gasteiger partial charge in [-0.15, -0.1) is 0 Å². The van der Waals surface area contributed by atoms with Gasteiger partial charge in [0.1, 0.15) is 0 Å². The molecule has 0 bridgehead atoms. The SMILES string of the molecule is COCC1CC(N(C)c2nc(O)c(C(Cc3ccc(C(F)(F)F)cc3C(F)(F)F)=c3ccc4c(c3)C=NN=4)s2)CN1. The highest BCUT2D eigenvalue weighted by Gasteiger charge is 2.38. The van der Waals surface area contributed by atoms with Crippen LogP contribution in [0.1, 0.15) is 33.6 Å². The van der Waals surface area contributed by atoms with Gasteiger partial charge >= 0.3 is 12.4 Å². The summed E-state index contributed by atoms with van der Waals surface area (Å²) in [5, 5.41) is 23.6. The molecule has 2 aliphatic rings. The number of hydrogen-bond donors (Lipinski definition) is 2. The molecule has 0 aliphatic carbocycles. The number of alkyl halides is 6. The van der Waals surface area contributed by atoms with Crippen molar-refractivity contribution in [2.45, 2.75) is 37.3 Å². The van der Waals surface area contributed by atoms with E-state index in [0.717, 1.165) is 23.8 Å². The Hall–Kier alpha value is -3.49. The van der Waals surface area contributed by atoms with E-state index in [9.17, 15) is 31.4 Å². The summed E-state index contributed by atoms with van der Waals surface area (Å²) in [6.45, 7) is 1.17. The van der Waals surface area contributed by atoms with Gasteiger partial charge in [-0.25, -0.2) is 0 Å². The van der Waals surface area contributed by atoms with Gasteiger partial charge in [0.05, 0.1) is 34.2 Å². The minimum atomic E-state index is -5.04. The van der Waals surface area contributed by atoms with Crippen molar-refractivity contribution in [3.63, 3.8) is 0 Å². The number of ether oxygens (including phenoxy) is 1. The molecule has 0 spiro atoms. The Balaban J connectivity index is 1.60. The number of benzene rings is 2. The molecule has 2 unspecified atom stereocenters. The van der Waals surface area contributed by atoms with Crippen LogP contribution in [0.25, 0.3) is 5.57 Å². The lowest BCUT2D eigenvalue weighted by Crippen LogP contribution is -2.33. The van der Waals surface area contributed by atoms with Crippen molar-refractivity contribution in [3.05, 3.63) is 74.1 Å². The van der Waals surface area contributed by atoms with Gasteiger partial charge in [-0.2, -0.15) is 41.5 Å². The Bertz CT molecular complexity index is 1600. The van der Waals surface area contributed by atoms with Crippen molar-refractivity contribution >= 4 is 28.3 Å². The largest absolute Gasteiger partial charge is 0.492 e. The number of fused-ring (bicyclic) bond motifs is 1. The first-order valence-corrected chi connectivity index (χ1v) is 13.3. The van der Waals surface area contributed by atoms with Gasteiger partial charge < -0.3 is 20.1 Å². The first-order chi connectivity index (χ1) is 19.3. The van der Waals surface area contributed by atoms with Gasteiger partial charge in [0.2, 0.25) is 5.88 Å². The van der Waals surface area contributed by atoms with Gasteiger partial charge in [-0.05, 0) is 47.0 Å². The zero-order valence-electron chi connectivity index (χ0n) is 21.8. The Kier molecular flexibility index (Phi) is 7.83. The molecule has 3 heterocycles. The second kappa shape index (κ2) is 11.1. The molecule has 2 atom stereocenters. The van der Waals surface area contributed by atoms with Gasteiger partial charge in [-0.1, -0.05) is 23.5 Å². The topological polar surface area (TPSA) is 82.3 Å². The molecule has 5 rings (SSSR count). The third-order valence-corrected chi connectivity index (χ3v) is 8.33. The third-order valence-electron chi connectivity index (χ3n) is 7.14. The number of rotatable bonds is 7. The Labute approximate surface area is 234 Å². The molecule has 218 valence electrons. The van der Waals surface area contributed by atoms with Crippen LogP contribution in [0.4, 0.5) is 31.5 Å². The Morgan fingerprint density at radius 1 is 1.12 bits per heavy atom. The first kappa shape index (κ1) is 29.0. The average Bonchev–Trinajstić information content (AvgIpc) is 3.65. The lowest BCUT2D eigenvalue weighted by atomic mass is 9.94. The Morgan fingerprint density at radius 3 is 2.61 bits per heavy atom. The summed E-state index contributed by atoms with van der Waals surface area (Å²) in [5.41, 5.74) is -2.28. The Morgan fingerprint density at radius 2 is 1.90 bits per heavy atom. The van der Waals surface area contributed by atoms with E-state index in [2.05, 4.69) is 20.5 Å². The maximum atomic E-state index is 14.0. The van der Waals surface area contributed by atoms with Crippen molar-refractivity contribution in [1.82, 2.24) is 10.3 Å². The molecule has 0 saturated carbocycles. The fraction of sp³-hybridized carbons (Fsp3) is 0.370. The fourth-order valence-electron chi connectivity index (χ4n) is 4.99. The van der Waals surface area contributed by atoms with Crippen LogP contribution in [-0.2, 0) is 23.5 Å². The van der Waals surface area contributed by atoms with E-state index < -0.39 is 29.9 Å². The summed E-state index contributed by atoms with van der Waals surface area (Å²) < 4.78 is 87.1. The molecule has 2 N–H and O–H groups in total. The molecular weight excluding hydrogens is 572 g/mol. The molecule has 1 aromatic heterocycles. The van der Waals surface area contributed by atoms with Crippen LogP contribution in [0.15, 0.2) is 46.6 Å². The summed E-state index contributed by atoms with van der Waals surface area (Å²) in [6, 6.07) is 6.69. The van der Waals surface area contributed by atoms with E-state index >= 15 is 0 Å². The van der Waals surface area contributed by atoms with Gasteiger partial charge in [0, 0.05) is 44.8 Å². The van der Waals surface area contributed by atoms with Gasteiger partial charge in [0.15, 0.2) is 5.13 Å². The number of nitrogens with one attached hydrogen (secondary N) is 1. The zero-order valence-corrected chi connectivity index (χ0v) is 22.7. The number of aromatic hydroxyl groups is 1. The highest BCUT2D eigenvalue weighted by molar-refractivity contribution is 7.17. The molecule has 41 heavy (non-hydrogen) atoms. The standard InChI is InChI=1S/C27H25F6N5O2S/c1-38(19-10-18(13-40-2)34-12-19)25-36-24(39)23(41-25)20(14-4-6-22-16(7-14)11-35-37-22)8-15-3-5-17(26(28,29)30)9-21(15)27(31,32)33/h3-7,9,11,18-19,34,39H,8,10,12-13H2,1-2H3. The van der Waals surface area contributed by atoms with E-state index in [4.69, 9.17) is 4.74 Å². The summed E-state index contributed by atoms with van der Waals surface area (Å²) in [6.07, 6.45) is -8.16. The fourth-order valence-corrected chi connectivity index (χ4v) is 6.05. The van der Waals surface area contributed by atoms with Gasteiger partial charge in [-0.3, -0.25) is 0 Å². The van der Waals surface area contributed by atoms with Crippen LogP contribution >= 0.6 is 11.3 Å². The van der Waals surface area contributed by atoms with E-state index in [0.29, 0.717) is 40.5 Å². The smallest absolute Gasteiger partial charge is 0.416 e. The number of anilines is 1. The number of methoxy groups -OCH3 is 1. The average molecular weight is 598 g/mol. The maximum absolute atomic E-state index is 14.0. The quantitative estimate of drug-likeness (QED) is 0.401. The van der Waals surface area contributed by atoms with Crippen LogP contribution in [-0.4, -0.2) is 55.7 Å². The molecule has 1 saturated heterocycles. The summed E-state index contributed by atoms with van der Waals surface area (Å²) >= 11 is 1.10. The third kappa shape index (κ3) is 6.09. The van der Waals surface area contributed by atoms with Gasteiger partial charge in [0.25, 0.3) is 0 Å². The molecular formula is C27H25F6N5O2S. The normalized spacial score (nSPS) is 19.3. The highest BCUT2D eigenvalue weighted by Crippen LogP contribution is 2.41. The van der Waals surface area contributed by atoms with Crippen LogP contribution in [0.3, 0.4) is 0 Å². The van der Waals surface area contributed by atoms with Crippen LogP contribution in [0.2, 0.25) is 0 Å². The minimum Gasteiger partial charge on any atom is -0.492 e. The minimum absolute atomic E-state index is 0.0292. The number of likely N-dealkylation sites (N-methyl/N-ethyl adjacent to an activating group) is 1. The lowest BCUT2D eigenvalue weighted by molar-refractivity contribution is -0.143.